The second kappa shape index (κ2) is 7.59. The van der Waals surface area contributed by atoms with Gasteiger partial charge >= 0.3 is 0 Å². The molecule has 1 rings (SSSR count). The minimum absolute atomic E-state index is 0.0617. The molecular weight excluding hydrogens is 244 g/mol. The molecule has 19 heavy (non-hydrogen) atoms. The summed E-state index contributed by atoms with van der Waals surface area (Å²) >= 11 is 0. The van der Waals surface area contributed by atoms with Crippen LogP contribution in [0.4, 0.5) is 8.78 Å². The molecule has 0 bridgehead atoms. The second-order valence-electron chi connectivity index (χ2n) is 5.36. The third-order valence-electron chi connectivity index (χ3n) is 3.98. The highest BCUT2D eigenvalue weighted by molar-refractivity contribution is 5.21. The second-order valence-corrected chi connectivity index (χ2v) is 5.36. The Morgan fingerprint density at radius 1 is 1.16 bits per heavy atom. The van der Waals surface area contributed by atoms with Gasteiger partial charge in [-0.1, -0.05) is 32.8 Å². The van der Waals surface area contributed by atoms with Crippen molar-refractivity contribution < 1.29 is 8.78 Å². The molecule has 1 nitrogen and oxygen atoms in total. The maximum absolute atomic E-state index is 13.8. The lowest BCUT2D eigenvalue weighted by atomic mass is 9.75. The monoisotopic (exact) mass is 269 g/mol. The van der Waals surface area contributed by atoms with Crippen LogP contribution in [0.3, 0.4) is 0 Å². The molecule has 0 aliphatic carbocycles. The van der Waals surface area contributed by atoms with Gasteiger partial charge in [0.15, 0.2) is 0 Å². The Hall–Kier alpha value is -0.960. The average molecular weight is 269 g/mol. The van der Waals surface area contributed by atoms with Gasteiger partial charge in [0.2, 0.25) is 0 Å². The highest BCUT2D eigenvalue weighted by Crippen LogP contribution is 2.34. The fraction of sp³-hybridized carbons (Fsp3) is 0.625. The topological polar surface area (TPSA) is 12.0 Å². The van der Waals surface area contributed by atoms with Crippen LogP contribution in [0.1, 0.15) is 45.1 Å². The van der Waals surface area contributed by atoms with Gasteiger partial charge in [-0.3, -0.25) is 0 Å². The van der Waals surface area contributed by atoms with Crippen LogP contribution in [0.5, 0.6) is 0 Å². The van der Waals surface area contributed by atoms with Gasteiger partial charge in [-0.2, -0.15) is 0 Å². The lowest BCUT2D eigenvalue weighted by Crippen LogP contribution is -2.34. The van der Waals surface area contributed by atoms with Gasteiger partial charge in [-0.15, -0.1) is 0 Å². The number of hydrogen-bond donors (Lipinski definition) is 1. The maximum Gasteiger partial charge on any atom is 0.129 e. The third-order valence-corrected chi connectivity index (χ3v) is 3.98. The van der Waals surface area contributed by atoms with Crippen LogP contribution in [-0.4, -0.2) is 13.6 Å². The van der Waals surface area contributed by atoms with Gasteiger partial charge in [0.25, 0.3) is 0 Å². The van der Waals surface area contributed by atoms with Crippen molar-refractivity contribution >= 4 is 0 Å². The van der Waals surface area contributed by atoms with Crippen molar-refractivity contribution in [3.8, 4) is 0 Å². The van der Waals surface area contributed by atoms with Crippen molar-refractivity contribution in [3.05, 3.63) is 35.4 Å². The fourth-order valence-corrected chi connectivity index (χ4v) is 2.67. The fourth-order valence-electron chi connectivity index (χ4n) is 2.67. The molecule has 1 N–H and O–H groups in total. The molecule has 0 spiro atoms. The number of nitrogens with one attached hydrogen (secondary N) is 1. The Balaban J connectivity index is 2.98. The first-order valence-electron chi connectivity index (χ1n) is 7.16. The number of rotatable bonds is 8. The molecular formula is C16H25F2N. The van der Waals surface area contributed by atoms with Crippen LogP contribution >= 0.6 is 0 Å². The summed E-state index contributed by atoms with van der Waals surface area (Å²) in [6.45, 7) is 5.03. The Bertz CT molecular complexity index is 372. The Kier molecular flexibility index (Phi) is 6.43. The van der Waals surface area contributed by atoms with Gasteiger partial charge in [-0.05, 0) is 43.9 Å². The zero-order chi connectivity index (χ0) is 14.3. The highest BCUT2D eigenvalue weighted by Gasteiger charge is 2.29. The van der Waals surface area contributed by atoms with E-state index in [1.54, 1.807) is 0 Å². The average Bonchev–Trinajstić information content (AvgIpc) is 2.40. The summed E-state index contributed by atoms with van der Waals surface area (Å²) in [6, 6.07) is 4.11. The van der Waals surface area contributed by atoms with E-state index in [9.17, 15) is 8.78 Å². The van der Waals surface area contributed by atoms with Crippen LogP contribution in [0, 0.1) is 17.0 Å². The van der Waals surface area contributed by atoms with Crippen molar-refractivity contribution in [1.29, 1.82) is 0 Å². The summed E-state index contributed by atoms with van der Waals surface area (Å²) in [5.74, 6) is -0.851. The zero-order valence-corrected chi connectivity index (χ0v) is 12.2. The van der Waals surface area contributed by atoms with E-state index < -0.39 is 11.6 Å². The molecule has 0 aromatic heterocycles. The van der Waals surface area contributed by atoms with Crippen LogP contribution in [0.2, 0.25) is 0 Å². The zero-order valence-electron chi connectivity index (χ0n) is 12.2. The number of hydrogen-bond acceptors (Lipinski definition) is 1. The molecule has 0 aliphatic rings. The van der Waals surface area contributed by atoms with E-state index in [1.807, 2.05) is 7.05 Å². The lowest BCUT2D eigenvalue weighted by Gasteiger charge is -2.33. The molecule has 1 unspecified atom stereocenters. The molecule has 0 amide bonds. The lowest BCUT2D eigenvalue weighted by molar-refractivity contribution is 0.229. The minimum atomic E-state index is -0.426. The summed E-state index contributed by atoms with van der Waals surface area (Å²) in [6.07, 6.45) is 4.57. The van der Waals surface area contributed by atoms with E-state index in [4.69, 9.17) is 0 Å². The van der Waals surface area contributed by atoms with Crippen LogP contribution in [0.15, 0.2) is 18.2 Å². The SMILES string of the molecule is CCCCC(CC)(CNC)Cc1c(F)cccc1F. The van der Waals surface area contributed by atoms with Crippen molar-refractivity contribution in [1.82, 2.24) is 5.32 Å². The Labute approximate surface area is 115 Å². The van der Waals surface area contributed by atoms with Gasteiger partial charge < -0.3 is 5.32 Å². The molecule has 1 atom stereocenters. The van der Waals surface area contributed by atoms with Crippen molar-refractivity contribution in [3.63, 3.8) is 0 Å². The summed E-state index contributed by atoms with van der Waals surface area (Å²) in [5.41, 5.74) is 0.170. The number of benzene rings is 1. The minimum Gasteiger partial charge on any atom is -0.319 e. The van der Waals surface area contributed by atoms with Crippen LogP contribution in [-0.2, 0) is 6.42 Å². The predicted octanol–water partition coefficient (Wildman–Crippen LogP) is 4.31. The van der Waals surface area contributed by atoms with Crippen molar-refractivity contribution in [2.24, 2.45) is 5.41 Å². The predicted molar refractivity (Wildman–Crippen MR) is 76.2 cm³/mol. The standard InChI is InChI=1S/C16H25F2N/c1-4-6-10-16(5-2,12-19-3)11-13-14(17)8-7-9-15(13)18/h7-9,19H,4-6,10-12H2,1-3H3. The number of unbranched alkanes of at least 4 members (excludes halogenated alkanes) is 1. The Morgan fingerprint density at radius 3 is 2.26 bits per heavy atom. The first-order valence-corrected chi connectivity index (χ1v) is 7.16. The molecule has 0 saturated heterocycles. The van der Waals surface area contributed by atoms with E-state index >= 15 is 0 Å². The normalized spacial score (nSPS) is 14.4. The molecule has 3 heteroatoms. The van der Waals surface area contributed by atoms with Gasteiger partial charge in [0, 0.05) is 12.1 Å². The molecule has 0 saturated carbocycles. The highest BCUT2D eigenvalue weighted by atomic mass is 19.1. The van der Waals surface area contributed by atoms with Crippen LogP contribution < -0.4 is 5.32 Å². The first kappa shape index (κ1) is 16.1. The summed E-state index contributed by atoms with van der Waals surface area (Å²) in [4.78, 5) is 0. The van der Waals surface area contributed by atoms with E-state index in [0.29, 0.717) is 6.42 Å². The van der Waals surface area contributed by atoms with E-state index in [-0.39, 0.29) is 11.0 Å². The van der Waals surface area contributed by atoms with Gasteiger partial charge in [0.05, 0.1) is 0 Å². The first-order chi connectivity index (χ1) is 9.08. The third kappa shape index (κ3) is 4.27. The molecule has 1 aromatic rings. The molecule has 108 valence electrons. The molecule has 0 fully saturated rings. The van der Waals surface area contributed by atoms with Gasteiger partial charge in [-0.25, -0.2) is 8.78 Å². The molecule has 0 aliphatic heterocycles. The van der Waals surface area contributed by atoms with E-state index in [0.717, 1.165) is 32.2 Å². The van der Waals surface area contributed by atoms with Crippen molar-refractivity contribution in [2.75, 3.05) is 13.6 Å². The van der Waals surface area contributed by atoms with Crippen molar-refractivity contribution in [2.45, 2.75) is 46.0 Å². The Morgan fingerprint density at radius 2 is 1.79 bits per heavy atom. The number of halogens is 2. The maximum atomic E-state index is 13.8. The summed E-state index contributed by atoms with van der Waals surface area (Å²) in [5, 5.41) is 3.18. The summed E-state index contributed by atoms with van der Waals surface area (Å²) in [7, 11) is 1.90. The van der Waals surface area contributed by atoms with E-state index in [2.05, 4.69) is 19.2 Å². The molecule has 0 heterocycles. The quantitative estimate of drug-likeness (QED) is 0.741. The molecule has 1 aromatic carbocycles. The van der Waals surface area contributed by atoms with E-state index in [1.165, 1.54) is 18.2 Å². The largest absolute Gasteiger partial charge is 0.319 e. The van der Waals surface area contributed by atoms with Gasteiger partial charge in [0.1, 0.15) is 11.6 Å². The van der Waals surface area contributed by atoms with Crippen LogP contribution in [0.25, 0.3) is 0 Å². The molecule has 0 radical (unpaired) electrons. The summed E-state index contributed by atoms with van der Waals surface area (Å²) < 4.78 is 27.6. The smallest absolute Gasteiger partial charge is 0.129 e.